The number of rotatable bonds is 8. The lowest BCUT2D eigenvalue weighted by Crippen LogP contribution is -2.33. The molecule has 0 aliphatic carbocycles. The molecule has 6 heterocycles. The number of aromatic amines is 2. The van der Waals surface area contributed by atoms with Gasteiger partial charge in [0.15, 0.2) is 0 Å². The van der Waals surface area contributed by atoms with Gasteiger partial charge in [0.2, 0.25) is 0 Å². The summed E-state index contributed by atoms with van der Waals surface area (Å²) in [4.78, 5) is 68.0. The Balaban J connectivity index is 0.000000218. The largest absolute Gasteiger partial charge is 0.383 e. The van der Waals surface area contributed by atoms with E-state index in [1.54, 1.807) is 17.0 Å². The molecule has 0 aliphatic heterocycles. The fraction of sp³-hybridized carbons (Fsp3) is 0.556. The molecule has 16 heteroatoms. The summed E-state index contributed by atoms with van der Waals surface area (Å²) in [6.07, 6.45) is 9.18. The number of H-pyrrole nitrogens is 2. The van der Waals surface area contributed by atoms with E-state index in [1.165, 1.54) is 16.5 Å². The molecule has 0 saturated heterocycles. The SMILES string of the molecule is CC(C)c1cn(C(C)C)c(=O)[nH]c1=O.CC(C)c1cn(C(C)C)c(=O)nc1N.CC(C)c1cn(C(C)C)c2ncnc(N)c12.Cc1nc2c(c(C(C)C)cn2C(C)C)c(=O)[nH]1. The van der Waals surface area contributed by atoms with Gasteiger partial charge in [0.05, 0.1) is 10.8 Å². The summed E-state index contributed by atoms with van der Waals surface area (Å²) in [7, 11) is 0. The molecule has 6 rings (SSSR count). The number of hydrogen-bond acceptors (Lipinski definition) is 10. The molecule has 0 amide bonds. The lowest BCUT2D eigenvalue weighted by molar-refractivity contribution is 0.552. The highest BCUT2D eigenvalue weighted by atomic mass is 16.2. The van der Waals surface area contributed by atoms with E-state index in [0.29, 0.717) is 46.9 Å². The average Bonchev–Trinajstić information content (AvgIpc) is 3.73. The lowest BCUT2D eigenvalue weighted by Gasteiger charge is -2.14. The van der Waals surface area contributed by atoms with Crippen molar-refractivity contribution in [3.05, 3.63) is 101 Å². The highest BCUT2D eigenvalue weighted by molar-refractivity contribution is 5.90. The van der Waals surface area contributed by atoms with Crippen LogP contribution in [0.3, 0.4) is 0 Å². The Labute approximate surface area is 358 Å². The maximum Gasteiger partial charge on any atom is 0.349 e. The van der Waals surface area contributed by atoms with Crippen molar-refractivity contribution in [2.24, 2.45) is 0 Å². The van der Waals surface area contributed by atoms with Crippen LogP contribution in [0, 0.1) is 6.92 Å². The monoisotopic (exact) mass is 843 g/mol. The number of aryl methyl sites for hydroxylation is 1. The first-order chi connectivity index (χ1) is 28.3. The number of fused-ring (bicyclic) bond motifs is 2. The predicted octanol–water partition coefficient (Wildman–Crippen LogP) is 8.23. The number of nitrogens with one attached hydrogen (secondary N) is 2. The first-order valence-electron chi connectivity index (χ1n) is 21.3. The normalized spacial score (nSPS) is 11.6. The van der Waals surface area contributed by atoms with Crippen molar-refractivity contribution >= 4 is 33.7 Å². The summed E-state index contributed by atoms with van der Waals surface area (Å²) in [5.74, 6) is 2.75. The Morgan fingerprint density at radius 3 is 1.39 bits per heavy atom. The highest BCUT2D eigenvalue weighted by Crippen LogP contribution is 2.31. The van der Waals surface area contributed by atoms with E-state index in [-0.39, 0.29) is 46.4 Å². The van der Waals surface area contributed by atoms with E-state index in [0.717, 1.165) is 33.2 Å². The Morgan fingerprint density at radius 1 is 0.475 bits per heavy atom. The van der Waals surface area contributed by atoms with Crippen LogP contribution in [-0.4, -0.2) is 48.2 Å². The third-order valence-corrected chi connectivity index (χ3v) is 10.2. The number of nitrogens with two attached hydrogens (primary N) is 2. The molecule has 0 aliphatic rings. The molecule has 0 radical (unpaired) electrons. The Bertz CT molecular complexity index is 2610. The smallest absolute Gasteiger partial charge is 0.349 e. The quantitative estimate of drug-likeness (QED) is 0.115. The lowest BCUT2D eigenvalue weighted by atomic mass is 10.0. The van der Waals surface area contributed by atoms with Gasteiger partial charge in [0.1, 0.15) is 35.1 Å². The van der Waals surface area contributed by atoms with Crippen molar-refractivity contribution in [2.75, 3.05) is 11.5 Å². The fourth-order valence-electron chi connectivity index (χ4n) is 6.70. The van der Waals surface area contributed by atoms with Gasteiger partial charge in [-0.3, -0.25) is 23.7 Å². The van der Waals surface area contributed by atoms with Gasteiger partial charge in [-0.2, -0.15) is 4.98 Å². The van der Waals surface area contributed by atoms with Gasteiger partial charge >= 0.3 is 11.4 Å². The predicted molar refractivity (Wildman–Crippen MR) is 249 cm³/mol. The van der Waals surface area contributed by atoms with Crippen LogP contribution >= 0.6 is 0 Å². The van der Waals surface area contributed by atoms with Crippen LogP contribution in [-0.2, 0) is 0 Å². The minimum atomic E-state index is -0.339. The zero-order valence-electron chi connectivity index (χ0n) is 39.4. The Morgan fingerprint density at radius 2 is 0.918 bits per heavy atom. The van der Waals surface area contributed by atoms with Gasteiger partial charge in [-0.25, -0.2) is 24.5 Å². The Kier molecular flexibility index (Phi) is 16.8. The molecule has 0 unspecified atom stereocenters. The molecule has 6 aromatic heterocycles. The third-order valence-electron chi connectivity index (χ3n) is 10.2. The topological polar surface area (TPSA) is 223 Å². The molecule has 334 valence electrons. The molecule has 0 spiro atoms. The molecular weight excluding hydrogens is 773 g/mol. The van der Waals surface area contributed by atoms with Crippen molar-refractivity contribution < 1.29 is 0 Å². The standard InChI is InChI=1S/C13H19N3O.C12H18N4.C10H17N3O.C10H16N2O2/c1-7(2)10-6-16(8(3)4)12-11(10)13(17)15-9(5)14-12;1-7(2)9-5-16(8(3)4)12-10(9)11(13)14-6-15-12;1-6(2)8-5-13(7(3)4)10(14)12-9(8)11;1-6(2)8-5-12(7(3)4)10(14)11-9(8)13/h6-8H,1-5H3,(H,14,15,17);5-8H,1-4H3,(H2,13,14,15);5-7H,1-4H3,(H2,11,12,14);5-7H,1-4H3,(H,11,13,14). The van der Waals surface area contributed by atoms with Crippen molar-refractivity contribution in [3.63, 3.8) is 0 Å². The zero-order chi connectivity index (χ0) is 46.4. The second-order valence-electron chi connectivity index (χ2n) is 17.8. The number of hydrogen-bond donors (Lipinski definition) is 4. The second kappa shape index (κ2) is 20.6. The number of nitrogens with zero attached hydrogens (tertiary/aromatic N) is 8. The number of aromatic nitrogens is 10. The zero-order valence-corrected chi connectivity index (χ0v) is 39.4. The molecule has 0 aromatic carbocycles. The van der Waals surface area contributed by atoms with Crippen molar-refractivity contribution in [1.82, 2.24) is 48.2 Å². The summed E-state index contributed by atoms with van der Waals surface area (Å²) in [5.41, 5.74) is 16.3. The first kappa shape index (κ1) is 49.6. The average molecular weight is 843 g/mol. The number of nitrogen functional groups attached to an aromatic ring is 2. The van der Waals surface area contributed by atoms with Crippen LogP contribution < -0.4 is 34.0 Å². The van der Waals surface area contributed by atoms with Gasteiger partial charge in [0.25, 0.3) is 11.1 Å². The van der Waals surface area contributed by atoms with E-state index in [9.17, 15) is 19.2 Å². The van der Waals surface area contributed by atoms with E-state index in [4.69, 9.17) is 11.5 Å². The van der Waals surface area contributed by atoms with Gasteiger partial charge < -0.3 is 25.6 Å². The summed E-state index contributed by atoms with van der Waals surface area (Å²) < 4.78 is 7.37. The number of anilines is 2. The van der Waals surface area contributed by atoms with E-state index < -0.39 is 0 Å². The minimum Gasteiger partial charge on any atom is -0.383 e. The maximum atomic E-state index is 12.1. The van der Waals surface area contributed by atoms with Crippen LogP contribution in [0.15, 0.2) is 50.3 Å². The molecule has 0 atom stereocenters. The minimum absolute atomic E-state index is 0.0319. The van der Waals surface area contributed by atoms with Crippen molar-refractivity contribution in [1.29, 1.82) is 0 Å². The molecular formula is C45H70N12O4. The summed E-state index contributed by atoms with van der Waals surface area (Å²) in [6.45, 7) is 34.4. The molecule has 0 bridgehead atoms. The van der Waals surface area contributed by atoms with Crippen LogP contribution in [0.2, 0.25) is 0 Å². The van der Waals surface area contributed by atoms with Crippen LogP contribution in [0.4, 0.5) is 11.6 Å². The summed E-state index contributed by atoms with van der Waals surface area (Å²) in [6, 6.07) is 0.868. The second-order valence-corrected chi connectivity index (χ2v) is 17.8. The van der Waals surface area contributed by atoms with Gasteiger partial charge in [0, 0.05) is 60.1 Å². The maximum absolute atomic E-state index is 12.1. The summed E-state index contributed by atoms with van der Waals surface area (Å²) >= 11 is 0. The van der Waals surface area contributed by atoms with Crippen LogP contribution in [0.25, 0.3) is 22.1 Å². The van der Waals surface area contributed by atoms with Gasteiger partial charge in [-0.1, -0.05) is 55.4 Å². The summed E-state index contributed by atoms with van der Waals surface area (Å²) in [5, 5.41) is 1.74. The van der Waals surface area contributed by atoms with E-state index in [1.807, 2.05) is 62.3 Å². The first-order valence-corrected chi connectivity index (χ1v) is 21.3. The van der Waals surface area contributed by atoms with E-state index in [2.05, 4.69) is 107 Å². The molecule has 6 N–H and O–H groups in total. The van der Waals surface area contributed by atoms with Crippen LogP contribution in [0.5, 0.6) is 0 Å². The Hall–Kier alpha value is -5.80. The highest BCUT2D eigenvalue weighted by Gasteiger charge is 2.19. The molecule has 0 saturated carbocycles. The third kappa shape index (κ3) is 11.7. The van der Waals surface area contributed by atoms with Crippen molar-refractivity contribution in [3.8, 4) is 0 Å². The van der Waals surface area contributed by atoms with E-state index >= 15 is 0 Å². The molecule has 61 heavy (non-hydrogen) atoms. The van der Waals surface area contributed by atoms with Gasteiger partial charge in [-0.05, 0) is 97.1 Å². The van der Waals surface area contributed by atoms with Gasteiger partial charge in [-0.15, -0.1) is 0 Å². The van der Waals surface area contributed by atoms with Crippen molar-refractivity contribution in [2.45, 2.75) is 166 Å². The molecule has 16 nitrogen and oxygen atoms in total. The van der Waals surface area contributed by atoms with Crippen LogP contribution in [0.1, 0.15) is 187 Å². The molecule has 0 fully saturated rings. The molecule has 6 aromatic rings. The fourth-order valence-corrected chi connectivity index (χ4v) is 6.70.